The first-order valence-electron chi connectivity index (χ1n) is 14.3. The van der Waals surface area contributed by atoms with Crippen LogP contribution in [0.5, 0.6) is 0 Å². The average Bonchev–Trinajstić information content (AvgIpc) is 3.61. The van der Waals surface area contributed by atoms with Crippen molar-refractivity contribution in [3.63, 3.8) is 0 Å². The van der Waals surface area contributed by atoms with Gasteiger partial charge < -0.3 is 30.1 Å². The highest BCUT2D eigenvalue weighted by molar-refractivity contribution is 7.80. The van der Waals surface area contributed by atoms with Crippen molar-refractivity contribution in [2.75, 3.05) is 45.9 Å². The van der Waals surface area contributed by atoms with Crippen LogP contribution in [-0.2, 0) is 9.53 Å². The molecule has 0 spiro atoms. The molecule has 0 amide bonds. The number of carbonyl (C=O) groups excluding carboxylic acids is 1. The van der Waals surface area contributed by atoms with Crippen LogP contribution in [0.3, 0.4) is 0 Å². The average molecular weight is 617 g/mol. The molecule has 0 saturated carbocycles. The number of fused-ring (bicyclic) bond motifs is 1. The molecule has 0 radical (unpaired) electrons. The highest BCUT2D eigenvalue weighted by Gasteiger charge is 2.40. The number of aromatic nitrogens is 1. The molecule has 0 bridgehead atoms. The molecule has 1 aromatic heterocycles. The van der Waals surface area contributed by atoms with Crippen LogP contribution >= 0.6 is 23.6 Å². The predicted molar refractivity (Wildman–Crippen MR) is 162 cm³/mol. The fourth-order valence-electron chi connectivity index (χ4n) is 5.84. The third-order valence-corrected chi connectivity index (χ3v) is 9.43. The van der Waals surface area contributed by atoms with Gasteiger partial charge in [0.05, 0.1) is 18.2 Å². The van der Waals surface area contributed by atoms with E-state index in [1.54, 1.807) is 32.2 Å². The number of nitrogens with one attached hydrogen (secondary N) is 1. The number of thiocarbonyl (C=S) groups is 1. The zero-order valence-electron chi connectivity index (χ0n) is 24.0. The third-order valence-electron chi connectivity index (χ3n) is 8.16. The SMILES string of the molecule is CCOC(=O)C1=C(CN2CCN3C(=S)N(CC(CC)C(O)O)CC3C2)NC(c2nccs2)=NC1c1cccc(F)c1C. The van der Waals surface area contributed by atoms with Gasteiger partial charge in [-0.15, -0.1) is 11.3 Å². The van der Waals surface area contributed by atoms with Gasteiger partial charge in [0.2, 0.25) is 0 Å². The highest BCUT2D eigenvalue weighted by Crippen LogP contribution is 2.36. The Kier molecular flexibility index (Phi) is 9.53. The van der Waals surface area contributed by atoms with Gasteiger partial charge in [-0.3, -0.25) is 9.89 Å². The molecule has 3 atom stereocenters. The molecule has 2 saturated heterocycles. The van der Waals surface area contributed by atoms with Crippen LogP contribution in [0.2, 0.25) is 0 Å². The highest BCUT2D eigenvalue weighted by atomic mass is 32.1. The summed E-state index contributed by atoms with van der Waals surface area (Å²) in [6.07, 6.45) is 0.948. The standard InChI is InChI=1S/C29H37FN6O4S2/c1-4-18(27(37)38)13-35-15-19-14-34(10-11-36(19)29(35)41)16-22-23(28(39)40-5-2)24(20-7-6-8-21(30)17(20)3)33-25(32-22)26-31-9-12-42-26/h6-9,12,18-19,24,27,37-38H,4-5,10-11,13-16H2,1-3H3,(H,32,33). The number of hydrogen-bond donors (Lipinski definition) is 3. The Labute approximate surface area is 254 Å². The number of thiazole rings is 1. The van der Waals surface area contributed by atoms with Crippen molar-refractivity contribution < 1.29 is 24.1 Å². The van der Waals surface area contributed by atoms with Gasteiger partial charge in [0.1, 0.15) is 11.9 Å². The number of benzene rings is 1. The van der Waals surface area contributed by atoms with Gasteiger partial charge in [0.15, 0.2) is 22.2 Å². The predicted octanol–water partition coefficient (Wildman–Crippen LogP) is 2.42. The number of halogens is 1. The summed E-state index contributed by atoms with van der Waals surface area (Å²) in [4.78, 5) is 29.4. The van der Waals surface area contributed by atoms with Gasteiger partial charge >= 0.3 is 5.97 Å². The molecule has 4 heterocycles. The number of nitrogens with zero attached hydrogens (tertiary/aromatic N) is 5. The number of aliphatic hydroxyl groups is 2. The summed E-state index contributed by atoms with van der Waals surface area (Å²) >= 11 is 7.19. The third kappa shape index (κ3) is 6.20. The number of aliphatic hydroxyl groups excluding tert-OH is 1. The van der Waals surface area contributed by atoms with E-state index in [-0.39, 0.29) is 24.4 Å². The lowest BCUT2D eigenvalue weighted by molar-refractivity contribution is -0.139. The molecular formula is C29H37FN6O4S2. The Bertz CT molecular complexity index is 1370. The summed E-state index contributed by atoms with van der Waals surface area (Å²) in [6, 6.07) is 4.20. The minimum atomic E-state index is -1.39. The van der Waals surface area contributed by atoms with E-state index in [1.807, 2.05) is 12.3 Å². The number of ether oxygens (including phenoxy) is 1. The van der Waals surface area contributed by atoms with Crippen molar-refractivity contribution in [2.24, 2.45) is 10.9 Å². The number of amidine groups is 1. The fraction of sp³-hybridized carbons (Fsp3) is 0.517. The molecule has 226 valence electrons. The van der Waals surface area contributed by atoms with Crippen molar-refractivity contribution in [3.05, 3.63) is 63.0 Å². The molecule has 0 aliphatic carbocycles. The zero-order valence-corrected chi connectivity index (χ0v) is 25.6. The fourth-order valence-corrected chi connectivity index (χ4v) is 6.82. The first kappa shape index (κ1) is 30.5. The number of hydrogen-bond acceptors (Lipinski definition) is 10. The van der Waals surface area contributed by atoms with E-state index >= 15 is 0 Å². The summed E-state index contributed by atoms with van der Waals surface area (Å²) in [5, 5.41) is 26.2. The summed E-state index contributed by atoms with van der Waals surface area (Å²) in [7, 11) is 0. The zero-order chi connectivity index (χ0) is 30.0. The number of piperazine rings is 1. The van der Waals surface area contributed by atoms with Gasteiger partial charge in [0.25, 0.3) is 0 Å². The Balaban J connectivity index is 1.44. The molecule has 1 aromatic carbocycles. The molecule has 3 unspecified atom stereocenters. The lowest BCUT2D eigenvalue weighted by Crippen LogP contribution is -2.53. The minimum Gasteiger partial charge on any atom is -0.463 e. The van der Waals surface area contributed by atoms with E-state index < -0.39 is 18.3 Å². The second kappa shape index (κ2) is 13.1. The molecule has 3 aliphatic rings. The van der Waals surface area contributed by atoms with Crippen LogP contribution in [0.4, 0.5) is 4.39 Å². The second-order valence-electron chi connectivity index (χ2n) is 10.8. The van der Waals surface area contributed by atoms with Gasteiger partial charge in [-0.05, 0) is 49.7 Å². The van der Waals surface area contributed by atoms with Crippen molar-refractivity contribution in [3.8, 4) is 0 Å². The molecule has 3 N–H and O–H groups in total. The largest absolute Gasteiger partial charge is 0.463 e. The number of aliphatic imine (C=N–C) groups is 1. The maximum absolute atomic E-state index is 14.7. The molecule has 5 rings (SSSR count). The monoisotopic (exact) mass is 616 g/mol. The topological polar surface area (TPSA) is 114 Å². The van der Waals surface area contributed by atoms with Crippen LogP contribution in [0.1, 0.15) is 42.4 Å². The maximum Gasteiger partial charge on any atom is 0.338 e. The summed E-state index contributed by atoms with van der Waals surface area (Å²) in [5.41, 5.74) is 2.05. The van der Waals surface area contributed by atoms with E-state index in [9.17, 15) is 19.4 Å². The van der Waals surface area contributed by atoms with E-state index in [4.69, 9.17) is 21.9 Å². The molecule has 2 aromatic rings. The first-order valence-corrected chi connectivity index (χ1v) is 15.5. The van der Waals surface area contributed by atoms with E-state index in [0.717, 1.165) is 5.11 Å². The number of esters is 1. The second-order valence-corrected chi connectivity index (χ2v) is 12.0. The first-order chi connectivity index (χ1) is 20.2. The molecule has 3 aliphatic heterocycles. The number of carbonyl (C=O) groups is 1. The van der Waals surface area contributed by atoms with Crippen LogP contribution in [0, 0.1) is 18.7 Å². The van der Waals surface area contributed by atoms with Crippen LogP contribution in [0.15, 0.2) is 46.0 Å². The Morgan fingerprint density at radius 2 is 2.10 bits per heavy atom. The van der Waals surface area contributed by atoms with E-state index in [2.05, 4.69) is 25.0 Å². The lowest BCUT2D eigenvalue weighted by Gasteiger charge is -2.38. The molecule has 42 heavy (non-hydrogen) atoms. The van der Waals surface area contributed by atoms with Crippen LogP contribution < -0.4 is 5.32 Å². The van der Waals surface area contributed by atoms with Crippen molar-refractivity contribution in [1.29, 1.82) is 0 Å². The summed E-state index contributed by atoms with van der Waals surface area (Å²) in [6.45, 7) is 9.30. The Hall–Kier alpha value is -2.97. The van der Waals surface area contributed by atoms with Gasteiger partial charge in [-0.1, -0.05) is 19.1 Å². The lowest BCUT2D eigenvalue weighted by atomic mass is 9.92. The number of rotatable bonds is 10. The Morgan fingerprint density at radius 3 is 2.79 bits per heavy atom. The molecule has 10 nitrogen and oxygen atoms in total. The smallest absolute Gasteiger partial charge is 0.338 e. The van der Waals surface area contributed by atoms with Crippen molar-refractivity contribution >= 4 is 40.5 Å². The molecule has 2 fully saturated rings. The van der Waals surface area contributed by atoms with Gasteiger partial charge in [-0.25, -0.2) is 14.2 Å². The van der Waals surface area contributed by atoms with Crippen LogP contribution in [-0.4, -0.2) is 105 Å². The summed E-state index contributed by atoms with van der Waals surface area (Å²) < 4.78 is 20.2. The van der Waals surface area contributed by atoms with Crippen molar-refractivity contribution in [1.82, 2.24) is 25.0 Å². The van der Waals surface area contributed by atoms with Crippen LogP contribution in [0.25, 0.3) is 0 Å². The molecular weight excluding hydrogens is 579 g/mol. The Morgan fingerprint density at radius 1 is 1.29 bits per heavy atom. The normalized spacial score (nSPS) is 21.9. The maximum atomic E-state index is 14.7. The van der Waals surface area contributed by atoms with Gasteiger partial charge in [0, 0.05) is 62.5 Å². The van der Waals surface area contributed by atoms with E-state index in [0.29, 0.717) is 78.9 Å². The van der Waals surface area contributed by atoms with Gasteiger partial charge in [-0.2, -0.15) is 0 Å². The molecule has 13 heteroatoms. The van der Waals surface area contributed by atoms with E-state index in [1.165, 1.54) is 17.4 Å². The van der Waals surface area contributed by atoms with Crippen molar-refractivity contribution in [2.45, 2.75) is 45.6 Å². The summed E-state index contributed by atoms with van der Waals surface area (Å²) in [5.74, 6) is -0.605. The minimum absolute atomic E-state index is 0.128. The quantitative estimate of drug-likeness (QED) is 0.209.